The van der Waals surface area contributed by atoms with Gasteiger partial charge in [-0.25, -0.2) is 0 Å². The molecule has 1 fully saturated rings. The molecule has 2 rings (SSSR count). The maximum absolute atomic E-state index is 11.3. The summed E-state index contributed by atoms with van der Waals surface area (Å²) in [5.74, 6) is 0.0646. The first-order valence-electron chi connectivity index (χ1n) is 6.50. The summed E-state index contributed by atoms with van der Waals surface area (Å²) >= 11 is 0.0153. The number of benzene rings is 1. The van der Waals surface area contributed by atoms with Crippen LogP contribution >= 0.6 is 0 Å². The third-order valence-corrected chi connectivity index (χ3v) is 6.01. The van der Waals surface area contributed by atoms with Crippen molar-refractivity contribution in [2.45, 2.75) is 37.6 Å². The summed E-state index contributed by atoms with van der Waals surface area (Å²) in [5, 5.41) is 11.8. The van der Waals surface area contributed by atoms with E-state index in [0.717, 1.165) is 16.2 Å². The Balaban J connectivity index is 1.97. The summed E-state index contributed by atoms with van der Waals surface area (Å²) in [6.07, 6.45) is 1.22. The molecule has 20 heavy (non-hydrogen) atoms. The molecule has 5 nitrogen and oxygen atoms in total. The van der Waals surface area contributed by atoms with E-state index >= 15 is 0 Å². The third-order valence-electron chi connectivity index (χ3n) is 3.78. The molecule has 0 N–H and O–H groups in total. The van der Waals surface area contributed by atoms with Crippen molar-refractivity contribution in [1.29, 1.82) is 0 Å². The van der Waals surface area contributed by atoms with Gasteiger partial charge < -0.3 is 0 Å². The Hall–Kier alpha value is -1.39. The van der Waals surface area contributed by atoms with Crippen LogP contribution in [0.2, 0.25) is 5.32 Å². The van der Waals surface area contributed by atoms with Crippen LogP contribution in [0.4, 0.5) is 5.69 Å². The predicted molar refractivity (Wildman–Crippen MR) is 76.2 cm³/mol. The second kappa shape index (κ2) is 5.94. The van der Waals surface area contributed by atoms with Gasteiger partial charge in [0.2, 0.25) is 0 Å². The Bertz CT molecular complexity index is 534. The zero-order chi connectivity index (χ0) is 14.8. The Kier molecular flexibility index (Phi) is 4.45. The van der Waals surface area contributed by atoms with Crippen LogP contribution in [-0.2, 0) is 9.53 Å². The Labute approximate surface area is 124 Å². The average molecular weight is 342 g/mol. The number of carbonyl (C=O) groups excluding carboxylic acids is 1. The monoisotopic (exact) mass is 343 g/mol. The molecule has 0 radical (unpaired) electrons. The molecule has 0 aromatic heterocycles. The number of esters is 1. The van der Waals surface area contributed by atoms with E-state index in [-0.39, 0.29) is 37.5 Å². The van der Waals surface area contributed by atoms with Gasteiger partial charge in [0, 0.05) is 0 Å². The second-order valence-electron chi connectivity index (χ2n) is 5.22. The van der Waals surface area contributed by atoms with Gasteiger partial charge in [0.25, 0.3) is 0 Å². The second-order valence-corrected chi connectivity index (χ2v) is 7.60. The van der Waals surface area contributed by atoms with Gasteiger partial charge in [-0.2, -0.15) is 0 Å². The zero-order valence-corrected chi connectivity index (χ0v) is 13.2. The van der Waals surface area contributed by atoms with Gasteiger partial charge in [-0.3, -0.25) is 0 Å². The van der Waals surface area contributed by atoms with Crippen molar-refractivity contribution in [1.82, 2.24) is 0 Å². The van der Waals surface area contributed by atoms with Crippen LogP contribution in [0.5, 0.6) is 0 Å². The van der Waals surface area contributed by atoms with Crippen LogP contribution in [0.25, 0.3) is 0 Å². The first-order valence-corrected chi connectivity index (χ1v) is 8.57. The topological polar surface area (TPSA) is 69.4 Å². The molecule has 1 aromatic carbocycles. The van der Waals surface area contributed by atoms with E-state index < -0.39 is 5.60 Å². The van der Waals surface area contributed by atoms with Gasteiger partial charge in [-0.1, -0.05) is 0 Å². The number of cyclic esters (lactones) is 1. The quantitative estimate of drug-likeness (QED) is 0.356. The molecule has 1 heterocycles. The Morgan fingerprint density at radius 1 is 1.50 bits per heavy atom. The molecular formula is C14H17NO4Se. The van der Waals surface area contributed by atoms with E-state index in [2.05, 4.69) is 0 Å². The number of nitrogens with zero attached hydrogens (tertiary/aromatic N) is 1. The van der Waals surface area contributed by atoms with Crippen LogP contribution in [0.1, 0.15) is 26.7 Å². The van der Waals surface area contributed by atoms with Gasteiger partial charge >= 0.3 is 123 Å². The van der Waals surface area contributed by atoms with Crippen molar-refractivity contribution in [2.75, 3.05) is 0 Å². The van der Waals surface area contributed by atoms with Crippen LogP contribution < -0.4 is 4.46 Å². The first-order chi connectivity index (χ1) is 9.42. The summed E-state index contributed by atoms with van der Waals surface area (Å²) in [7, 11) is 0. The van der Waals surface area contributed by atoms with E-state index in [9.17, 15) is 14.9 Å². The molecule has 0 bridgehead atoms. The van der Waals surface area contributed by atoms with Crippen LogP contribution in [0.15, 0.2) is 24.3 Å². The van der Waals surface area contributed by atoms with E-state index in [4.69, 9.17) is 4.74 Å². The standard InChI is InChI=1S/C14H17NO4Se/c1-10-9-13(16)19-14(10,2)7-8-20-12-6-4-3-5-11(12)15(17)18/h3-6,10H,7-9H2,1-2H3/t10-,14+/m1/s1. The number of para-hydroxylation sites is 1. The zero-order valence-electron chi connectivity index (χ0n) is 11.5. The summed E-state index contributed by atoms with van der Waals surface area (Å²) in [4.78, 5) is 21.9. The van der Waals surface area contributed by atoms with Crippen LogP contribution in [0, 0.1) is 16.0 Å². The van der Waals surface area contributed by atoms with Crippen LogP contribution in [0.3, 0.4) is 0 Å². The van der Waals surface area contributed by atoms with Gasteiger partial charge in [0.1, 0.15) is 0 Å². The van der Waals surface area contributed by atoms with Crippen molar-refractivity contribution >= 4 is 31.1 Å². The molecule has 0 aliphatic carbocycles. The summed E-state index contributed by atoms with van der Waals surface area (Å²) in [6, 6.07) is 6.85. The average Bonchev–Trinajstić information content (AvgIpc) is 2.63. The summed E-state index contributed by atoms with van der Waals surface area (Å²) < 4.78 is 6.21. The molecule has 1 aromatic rings. The third kappa shape index (κ3) is 3.19. The van der Waals surface area contributed by atoms with Crippen molar-refractivity contribution in [2.24, 2.45) is 5.92 Å². The fraction of sp³-hybridized carbons (Fsp3) is 0.500. The molecule has 0 spiro atoms. The van der Waals surface area contributed by atoms with Gasteiger partial charge in [-0.15, -0.1) is 0 Å². The molecule has 0 saturated carbocycles. The maximum atomic E-state index is 11.3. The van der Waals surface area contributed by atoms with Crippen LogP contribution in [-0.4, -0.2) is 31.5 Å². The molecule has 1 aliphatic rings. The number of hydrogen-bond acceptors (Lipinski definition) is 4. The molecule has 6 heteroatoms. The predicted octanol–water partition coefficient (Wildman–Crippen LogP) is 2.07. The minimum absolute atomic E-state index is 0.0153. The first kappa shape index (κ1) is 15.0. The molecule has 2 atom stereocenters. The van der Waals surface area contributed by atoms with Crippen molar-refractivity contribution in [3.63, 3.8) is 0 Å². The van der Waals surface area contributed by atoms with E-state index in [0.29, 0.717) is 6.42 Å². The fourth-order valence-corrected chi connectivity index (χ4v) is 4.76. The summed E-state index contributed by atoms with van der Waals surface area (Å²) in [5.41, 5.74) is -0.225. The normalized spacial score (nSPS) is 25.5. The van der Waals surface area contributed by atoms with E-state index in [1.807, 2.05) is 26.0 Å². The molecule has 1 aliphatic heterocycles. The van der Waals surface area contributed by atoms with E-state index in [1.54, 1.807) is 6.07 Å². The van der Waals surface area contributed by atoms with Gasteiger partial charge in [-0.05, 0) is 0 Å². The van der Waals surface area contributed by atoms with Gasteiger partial charge in [0.05, 0.1) is 0 Å². The molecule has 0 amide bonds. The minimum atomic E-state index is -0.414. The number of carbonyl (C=O) groups is 1. The molecule has 1 saturated heterocycles. The Morgan fingerprint density at radius 2 is 2.20 bits per heavy atom. The number of rotatable bonds is 5. The van der Waals surface area contributed by atoms with Crippen molar-refractivity contribution in [3.8, 4) is 0 Å². The van der Waals surface area contributed by atoms with Crippen molar-refractivity contribution < 1.29 is 14.5 Å². The molecule has 0 unspecified atom stereocenters. The number of ether oxygens (including phenoxy) is 1. The Morgan fingerprint density at radius 3 is 2.80 bits per heavy atom. The summed E-state index contributed by atoms with van der Waals surface area (Å²) in [6.45, 7) is 3.97. The number of hydrogen-bond donors (Lipinski definition) is 0. The number of nitro benzene ring substituents is 1. The van der Waals surface area contributed by atoms with Gasteiger partial charge in [0.15, 0.2) is 0 Å². The number of nitro groups is 1. The van der Waals surface area contributed by atoms with Crippen molar-refractivity contribution in [3.05, 3.63) is 34.4 Å². The SMILES string of the molecule is C[C@@H]1CC(=O)O[C@@]1(C)CC[Se]c1ccccc1[N+](=O)[O-]. The molecular weight excluding hydrogens is 325 g/mol. The molecule has 108 valence electrons. The van der Waals surface area contributed by atoms with E-state index in [1.165, 1.54) is 6.07 Å². The fourth-order valence-electron chi connectivity index (χ4n) is 2.26.